The fourth-order valence-corrected chi connectivity index (χ4v) is 3.01. The lowest BCUT2D eigenvalue weighted by atomic mass is 10.3. The molecule has 0 spiro atoms. The van der Waals surface area contributed by atoms with Crippen molar-refractivity contribution in [1.29, 1.82) is 0 Å². The monoisotopic (exact) mass is 397 g/mol. The molecule has 1 saturated carbocycles. The van der Waals surface area contributed by atoms with Crippen LogP contribution in [0.5, 0.6) is 0 Å². The van der Waals surface area contributed by atoms with Gasteiger partial charge in [-0.1, -0.05) is 0 Å². The summed E-state index contributed by atoms with van der Waals surface area (Å²) >= 11 is 6.80. The molecule has 0 bridgehead atoms. The van der Waals surface area contributed by atoms with Crippen molar-refractivity contribution in [1.82, 2.24) is 9.55 Å². The van der Waals surface area contributed by atoms with Gasteiger partial charge in [0.2, 0.25) is 0 Å². The molecule has 2 heterocycles. The molecule has 2 aromatic rings. The number of aromatic nitrogens is 2. The van der Waals surface area contributed by atoms with E-state index in [1.165, 1.54) is 0 Å². The molecule has 6 heteroatoms. The molecule has 0 unspecified atom stereocenters. The second kappa shape index (κ2) is 5.33. The number of hydrogen-bond acceptors (Lipinski definition) is 2. The van der Waals surface area contributed by atoms with E-state index < -0.39 is 0 Å². The van der Waals surface area contributed by atoms with Crippen molar-refractivity contribution in [2.45, 2.75) is 25.8 Å². The smallest absolute Gasteiger partial charge is 0.273 e. The second-order valence-corrected chi connectivity index (χ2v) is 6.79. The molecule has 0 aromatic carbocycles. The Labute approximate surface area is 133 Å². The minimum Gasteiger partial charge on any atom is -0.339 e. The average molecular weight is 399 g/mol. The van der Waals surface area contributed by atoms with Crippen molar-refractivity contribution in [3.05, 3.63) is 44.7 Å². The molecule has 4 nitrogen and oxygen atoms in total. The number of anilines is 1. The van der Waals surface area contributed by atoms with Crippen molar-refractivity contribution >= 4 is 43.6 Å². The maximum atomic E-state index is 12.4. The number of carbonyl (C=O) groups excluding carboxylic acids is 1. The largest absolute Gasteiger partial charge is 0.339 e. The number of nitrogens with one attached hydrogen (secondary N) is 1. The minimum absolute atomic E-state index is 0.125. The van der Waals surface area contributed by atoms with E-state index in [0.29, 0.717) is 17.6 Å². The van der Waals surface area contributed by atoms with Gasteiger partial charge in [0.25, 0.3) is 5.91 Å². The third kappa shape index (κ3) is 2.81. The SMILES string of the molecule is Cc1cc(Br)cnc1NC(=O)c1cc(Br)cn1C1CC1. The molecule has 1 aliphatic rings. The van der Waals surface area contributed by atoms with Crippen LogP contribution in [0.4, 0.5) is 5.82 Å². The topological polar surface area (TPSA) is 46.9 Å². The van der Waals surface area contributed by atoms with Gasteiger partial charge in [0.15, 0.2) is 0 Å². The zero-order valence-electron chi connectivity index (χ0n) is 10.9. The highest BCUT2D eigenvalue weighted by molar-refractivity contribution is 9.10. The van der Waals surface area contributed by atoms with E-state index >= 15 is 0 Å². The molecule has 1 N–H and O–H groups in total. The van der Waals surface area contributed by atoms with Crippen LogP contribution in [0.15, 0.2) is 33.5 Å². The van der Waals surface area contributed by atoms with Crippen LogP contribution in [0, 0.1) is 6.92 Å². The standard InChI is InChI=1S/C14H13Br2N3O/c1-8-4-9(15)6-17-13(8)18-14(20)12-5-10(16)7-19(12)11-2-3-11/h4-7,11H,2-3H2,1H3,(H,17,18,20). The van der Waals surface area contributed by atoms with Gasteiger partial charge in [-0.2, -0.15) is 0 Å². The third-order valence-corrected chi connectivity index (χ3v) is 4.13. The lowest BCUT2D eigenvalue weighted by molar-refractivity contribution is 0.101. The summed E-state index contributed by atoms with van der Waals surface area (Å²) in [6.45, 7) is 1.92. The van der Waals surface area contributed by atoms with Crippen LogP contribution < -0.4 is 5.32 Å². The molecule has 20 heavy (non-hydrogen) atoms. The molecule has 0 atom stereocenters. The van der Waals surface area contributed by atoms with E-state index in [-0.39, 0.29) is 5.91 Å². The molecule has 1 fully saturated rings. The molecule has 0 saturated heterocycles. The highest BCUT2D eigenvalue weighted by atomic mass is 79.9. The van der Waals surface area contributed by atoms with Crippen LogP contribution in [0.3, 0.4) is 0 Å². The summed E-state index contributed by atoms with van der Waals surface area (Å²) in [5.74, 6) is 0.471. The van der Waals surface area contributed by atoms with Crippen LogP contribution in [-0.4, -0.2) is 15.5 Å². The van der Waals surface area contributed by atoms with E-state index in [0.717, 1.165) is 27.4 Å². The molecule has 1 aliphatic carbocycles. The van der Waals surface area contributed by atoms with E-state index in [1.807, 2.05) is 29.8 Å². The molecule has 0 radical (unpaired) electrons. The average Bonchev–Trinajstić information content (AvgIpc) is 3.16. The molecular formula is C14H13Br2N3O. The zero-order chi connectivity index (χ0) is 14.3. The van der Waals surface area contributed by atoms with Crippen LogP contribution in [0.1, 0.15) is 34.9 Å². The lowest BCUT2D eigenvalue weighted by Gasteiger charge is -2.10. The Bertz CT molecular complexity index is 677. The van der Waals surface area contributed by atoms with Crippen molar-refractivity contribution in [3.8, 4) is 0 Å². The second-order valence-electron chi connectivity index (χ2n) is 4.96. The first kappa shape index (κ1) is 13.8. The maximum absolute atomic E-state index is 12.4. The number of carbonyl (C=O) groups is 1. The summed E-state index contributed by atoms with van der Waals surface area (Å²) in [7, 11) is 0. The van der Waals surface area contributed by atoms with Gasteiger partial charge in [0.05, 0.1) is 0 Å². The fraction of sp³-hybridized carbons (Fsp3) is 0.286. The quantitative estimate of drug-likeness (QED) is 0.837. The minimum atomic E-state index is -0.125. The van der Waals surface area contributed by atoms with Crippen LogP contribution >= 0.6 is 31.9 Å². The number of pyridine rings is 1. The zero-order valence-corrected chi connectivity index (χ0v) is 14.0. The van der Waals surface area contributed by atoms with Gasteiger partial charge in [-0.15, -0.1) is 0 Å². The third-order valence-electron chi connectivity index (χ3n) is 3.26. The number of hydrogen-bond donors (Lipinski definition) is 1. The Morgan fingerprint density at radius 2 is 2.10 bits per heavy atom. The molecule has 3 rings (SSSR count). The van der Waals surface area contributed by atoms with Crippen LogP contribution in [0.25, 0.3) is 0 Å². The summed E-state index contributed by atoms with van der Waals surface area (Å²) in [6, 6.07) is 4.24. The first-order chi connectivity index (χ1) is 9.54. The Balaban J connectivity index is 1.86. The summed E-state index contributed by atoms with van der Waals surface area (Å²) < 4.78 is 3.86. The maximum Gasteiger partial charge on any atom is 0.273 e. The van der Waals surface area contributed by atoms with Gasteiger partial charge in [0, 0.05) is 27.4 Å². The summed E-state index contributed by atoms with van der Waals surface area (Å²) in [5.41, 5.74) is 1.60. The van der Waals surface area contributed by atoms with Gasteiger partial charge in [-0.25, -0.2) is 4.98 Å². The summed E-state index contributed by atoms with van der Waals surface area (Å²) in [4.78, 5) is 16.7. The number of amides is 1. The number of rotatable bonds is 3. The van der Waals surface area contributed by atoms with E-state index in [1.54, 1.807) is 6.20 Å². The molecule has 2 aromatic heterocycles. The van der Waals surface area contributed by atoms with E-state index in [4.69, 9.17) is 0 Å². The van der Waals surface area contributed by atoms with Gasteiger partial charge in [-0.3, -0.25) is 4.79 Å². The Hall–Kier alpha value is -1.14. The first-order valence-corrected chi connectivity index (χ1v) is 7.94. The molecule has 104 valence electrons. The van der Waals surface area contributed by atoms with Crippen molar-refractivity contribution < 1.29 is 4.79 Å². The molecule has 0 aliphatic heterocycles. The van der Waals surface area contributed by atoms with Gasteiger partial charge >= 0.3 is 0 Å². The summed E-state index contributed by atoms with van der Waals surface area (Å²) in [5, 5.41) is 2.88. The Morgan fingerprint density at radius 1 is 1.35 bits per heavy atom. The van der Waals surface area contributed by atoms with Crippen LogP contribution in [-0.2, 0) is 0 Å². The number of nitrogens with zero attached hydrogens (tertiary/aromatic N) is 2. The van der Waals surface area contributed by atoms with E-state index in [2.05, 4.69) is 42.2 Å². The predicted molar refractivity (Wildman–Crippen MR) is 85.0 cm³/mol. The Kier molecular flexibility index (Phi) is 3.69. The van der Waals surface area contributed by atoms with Gasteiger partial charge in [0.1, 0.15) is 11.5 Å². The van der Waals surface area contributed by atoms with Crippen molar-refractivity contribution in [2.75, 3.05) is 5.32 Å². The highest BCUT2D eigenvalue weighted by Gasteiger charge is 2.28. The predicted octanol–water partition coefficient (Wildman–Crippen LogP) is 4.30. The highest BCUT2D eigenvalue weighted by Crippen LogP contribution is 2.37. The van der Waals surface area contributed by atoms with Crippen molar-refractivity contribution in [2.24, 2.45) is 0 Å². The number of halogens is 2. The normalized spacial score (nSPS) is 14.3. The first-order valence-electron chi connectivity index (χ1n) is 6.35. The Morgan fingerprint density at radius 3 is 2.75 bits per heavy atom. The summed E-state index contributed by atoms with van der Waals surface area (Å²) in [6.07, 6.45) is 5.92. The number of aryl methyl sites for hydroxylation is 1. The van der Waals surface area contributed by atoms with Crippen molar-refractivity contribution in [3.63, 3.8) is 0 Å². The molecular weight excluding hydrogens is 386 g/mol. The van der Waals surface area contributed by atoms with Gasteiger partial charge < -0.3 is 9.88 Å². The molecule has 1 amide bonds. The lowest BCUT2D eigenvalue weighted by Crippen LogP contribution is -2.17. The van der Waals surface area contributed by atoms with Gasteiger partial charge in [-0.05, 0) is 69.3 Å². The van der Waals surface area contributed by atoms with E-state index in [9.17, 15) is 4.79 Å². The van der Waals surface area contributed by atoms with Crippen LogP contribution in [0.2, 0.25) is 0 Å². The fourth-order valence-electron chi connectivity index (χ4n) is 2.13.